The first-order valence-corrected chi connectivity index (χ1v) is 5.28. The van der Waals surface area contributed by atoms with Crippen LogP contribution in [0.3, 0.4) is 0 Å². The van der Waals surface area contributed by atoms with E-state index in [1.165, 1.54) is 0 Å². The van der Waals surface area contributed by atoms with Crippen LogP contribution in [0.4, 0.5) is 0 Å². The molecule has 0 unspecified atom stereocenters. The number of rotatable bonds is 3. The Bertz CT molecular complexity index is 346. The fourth-order valence-corrected chi connectivity index (χ4v) is 1.20. The van der Waals surface area contributed by atoms with Crippen molar-refractivity contribution in [2.75, 3.05) is 7.05 Å². The minimum atomic E-state index is 0.525. The molecule has 0 atom stereocenters. The van der Waals surface area contributed by atoms with E-state index in [9.17, 15) is 0 Å². The van der Waals surface area contributed by atoms with Gasteiger partial charge < -0.3 is 5.32 Å². The van der Waals surface area contributed by atoms with E-state index in [-0.39, 0.29) is 0 Å². The van der Waals surface area contributed by atoms with Crippen LogP contribution in [0.15, 0.2) is 35.4 Å². The summed E-state index contributed by atoms with van der Waals surface area (Å²) in [4.78, 5) is 0. The maximum atomic E-state index is 4.94. The summed E-state index contributed by atoms with van der Waals surface area (Å²) in [6, 6.07) is 10.1. The van der Waals surface area contributed by atoms with E-state index in [0.29, 0.717) is 5.11 Å². The highest BCUT2D eigenvalue weighted by Gasteiger charge is 1.99. The maximum absolute atomic E-state index is 4.94. The number of nitrogens with zero attached hydrogens (tertiary/aromatic N) is 1. The summed E-state index contributed by atoms with van der Waals surface area (Å²) in [5, 5.41) is 7.58. The average molecular weight is 221 g/mol. The summed E-state index contributed by atoms with van der Waals surface area (Å²) in [5.74, 6) is 0. The molecule has 15 heavy (non-hydrogen) atoms. The predicted molar refractivity (Wildman–Crippen MR) is 68.1 cm³/mol. The molecule has 0 aliphatic rings. The molecule has 0 saturated heterocycles. The lowest BCUT2D eigenvalue weighted by Crippen LogP contribution is -2.29. The Morgan fingerprint density at radius 3 is 2.53 bits per heavy atom. The van der Waals surface area contributed by atoms with Crippen molar-refractivity contribution in [2.24, 2.45) is 5.10 Å². The van der Waals surface area contributed by atoms with Crippen LogP contribution in [-0.2, 0) is 0 Å². The summed E-state index contributed by atoms with van der Waals surface area (Å²) in [6.45, 7) is 2.07. The molecular formula is C11H15N3S. The SMILES string of the molecule is CC/C(=N\NC(=S)NC)c1ccccc1. The summed E-state index contributed by atoms with van der Waals surface area (Å²) in [7, 11) is 1.76. The molecule has 4 heteroatoms. The third-order valence-electron chi connectivity index (χ3n) is 1.96. The van der Waals surface area contributed by atoms with Crippen molar-refractivity contribution >= 4 is 23.0 Å². The van der Waals surface area contributed by atoms with Gasteiger partial charge in [-0.2, -0.15) is 5.10 Å². The van der Waals surface area contributed by atoms with Crippen molar-refractivity contribution in [1.82, 2.24) is 10.7 Å². The lowest BCUT2D eigenvalue weighted by Gasteiger charge is -2.05. The van der Waals surface area contributed by atoms with Crippen molar-refractivity contribution in [3.8, 4) is 0 Å². The summed E-state index contributed by atoms with van der Waals surface area (Å²) in [6.07, 6.45) is 0.864. The van der Waals surface area contributed by atoms with Crippen LogP contribution in [0.25, 0.3) is 0 Å². The smallest absolute Gasteiger partial charge is 0.186 e. The molecule has 1 rings (SSSR count). The molecule has 1 aromatic carbocycles. The fourth-order valence-electron chi connectivity index (χ4n) is 1.15. The maximum Gasteiger partial charge on any atom is 0.186 e. The molecule has 2 N–H and O–H groups in total. The molecule has 0 saturated carbocycles. The van der Waals surface area contributed by atoms with E-state index in [1.54, 1.807) is 7.05 Å². The first-order valence-electron chi connectivity index (χ1n) is 4.87. The van der Waals surface area contributed by atoms with Crippen molar-refractivity contribution < 1.29 is 0 Å². The molecule has 0 aliphatic heterocycles. The van der Waals surface area contributed by atoms with E-state index in [1.807, 2.05) is 30.3 Å². The largest absolute Gasteiger partial charge is 0.364 e. The highest BCUT2D eigenvalue weighted by molar-refractivity contribution is 7.80. The van der Waals surface area contributed by atoms with Crippen LogP contribution >= 0.6 is 12.2 Å². The monoisotopic (exact) mass is 221 g/mol. The number of thiocarbonyl (C=S) groups is 1. The molecule has 0 amide bonds. The van der Waals surface area contributed by atoms with Crippen LogP contribution in [-0.4, -0.2) is 17.9 Å². The van der Waals surface area contributed by atoms with Gasteiger partial charge in [-0.1, -0.05) is 37.3 Å². The van der Waals surface area contributed by atoms with Gasteiger partial charge >= 0.3 is 0 Å². The van der Waals surface area contributed by atoms with Crippen LogP contribution < -0.4 is 10.7 Å². The Kier molecular flexibility index (Phi) is 4.77. The van der Waals surface area contributed by atoms with Crippen molar-refractivity contribution in [3.05, 3.63) is 35.9 Å². The lowest BCUT2D eigenvalue weighted by atomic mass is 10.1. The molecule has 0 spiro atoms. The summed E-state index contributed by atoms with van der Waals surface area (Å²) >= 11 is 4.94. The minimum Gasteiger partial charge on any atom is -0.364 e. The topological polar surface area (TPSA) is 36.4 Å². The zero-order valence-corrected chi connectivity index (χ0v) is 9.77. The van der Waals surface area contributed by atoms with Crippen LogP contribution in [0.2, 0.25) is 0 Å². The standard InChI is InChI=1S/C11H15N3S/c1-3-10(13-14-11(15)12-2)9-7-5-4-6-8-9/h4-8H,3H2,1-2H3,(H2,12,14,15)/b13-10+. The normalized spacial score (nSPS) is 10.9. The Labute approximate surface area is 95.6 Å². The number of benzene rings is 1. The van der Waals surface area contributed by atoms with Crippen LogP contribution in [0, 0.1) is 0 Å². The molecule has 0 heterocycles. The lowest BCUT2D eigenvalue weighted by molar-refractivity contribution is 0.965. The third-order valence-corrected chi connectivity index (χ3v) is 2.26. The third kappa shape index (κ3) is 3.67. The molecule has 0 fully saturated rings. The van der Waals surface area contributed by atoms with Gasteiger partial charge in [-0.15, -0.1) is 0 Å². The first-order chi connectivity index (χ1) is 7.27. The Morgan fingerprint density at radius 2 is 2.00 bits per heavy atom. The number of nitrogens with one attached hydrogen (secondary N) is 2. The molecule has 0 aromatic heterocycles. The average Bonchev–Trinajstić information content (AvgIpc) is 2.31. The molecule has 3 nitrogen and oxygen atoms in total. The van der Waals surface area contributed by atoms with Gasteiger partial charge in [-0.3, -0.25) is 5.43 Å². The second-order valence-corrected chi connectivity index (χ2v) is 3.38. The van der Waals surface area contributed by atoms with Gasteiger partial charge in [0.05, 0.1) is 5.71 Å². The van der Waals surface area contributed by atoms with E-state index in [4.69, 9.17) is 12.2 Å². The van der Waals surface area contributed by atoms with E-state index >= 15 is 0 Å². The van der Waals surface area contributed by atoms with E-state index in [0.717, 1.165) is 17.7 Å². The Morgan fingerprint density at radius 1 is 1.33 bits per heavy atom. The molecular weight excluding hydrogens is 206 g/mol. The number of hydrazone groups is 1. The van der Waals surface area contributed by atoms with Crippen LogP contribution in [0.1, 0.15) is 18.9 Å². The molecule has 0 radical (unpaired) electrons. The highest BCUT2D eigenvalue weighted by Crippen LogP contribution is 2.03. The van der Waals surface area contributed by atoms with E-state index < -0.39 is 0 Å². The van der Waals surface area contributed by atoms with Gasteiger partial charge in [0.2, 0.25) is 0 Å². The van der Waals surface area contributed by atoms with Gasteiger partial charge in [0.1, 0.15) is 0 Å². The number of hydrogen-bond donors (Lipinski definition) is 2. The first kappa shape index (κ1) is 11.7. The second-order valence-electron chi connectivity index (χ2n) is 2.97. The minimum absolute atomic E-state index is 0.525. The quantitative estimate of drug-likeness (QED) is 0.465. The van der Waals surface area contributed by atoms with E-state index in [2.05, 4.69) is 22.8 Å². The molecule has 80 valence electrons. The zero-order chi connectivity index (χ0) is 11.1. The molecule has 0 aliphatic carbocycles. The Balaban J connectivity index is 2.76. The fraction of sp³-hybridized carbons (Fsp3) is 0.273. The van der Waals surface area contributed by atoms with Crippen molar-refractivity contribution in [1.29, 1.82) is 0 Å². The van der Waals surface area contributed by atoms with Gasteiger partial charge in [0.15, 0.2) is 5.11 Å². The van der Waals surface area contributed by atoms with Gasteiger partial charge in [0.25, 0.3) is 0 Å². The Hall–Kier alpha value is -1.42. The van der Waals surface area contributed by atoms with Crippen molar-refractivity contribution in [2.45, 2.75) is 13.3 Å². The highest BCUT2D eigenvalue weighted by atomic mass is 32.1. The second kappa shape index (κ2) is 6.14. The predicted octanol–water partition coefficient (Wildman–Crippen LogP) is 1.89. The molecule has 1 aromatic rings. The van der Waals surface area contributed by atoms with Gasteiger partial charge in [0, 0.05) is 7.05 Å². The van der Waals surface area contributed by atoms with Gasteiger partial charge in [-0.25, -0.2) is 0 Å². The zero-order valence-electron chi connectivity index (χ0n) is 8.95. The molecule has 0 bridgehead atoms. The summed E-state index contributed by atoms with van der Waals surface area (Å²) in [5.41, 5.74) is 4.90. The van der Waals surface area contributed by atoms with Crippen molar-refractivity contribution in [3.63, 3.8) is 0 Å². The van der Waals surface area contributed by atoms with Gasteiger partial charge in [-0.05, 0) is 24.2 Å². The van der Waals surface area contributed by atoms with Crippen LogP contribution in [0.5, 0.6) is 0 Å². The summed E-state index contributed by atoms with van der Waals surface area (Å²) < 4.78 is 0. The number of hydrogen-bond acceptors (Lipinski definition) is 2.